The van der Waals surface area contributed by atoms with Crippen LogP contribution in [0.15, 0.2) is 47.4 Å². The number of amides is 1. The van der Waals surface area contributed by atoms with E-state index in [1.165, 1.54) is 11.5 Å². The van der Waals surface area contributed by atoms with Gasteiger partial charge in [-0.15, -0.1) is 0 Å². The Morgan fingerprint density at radius 1 is 1.13 bits per heavy atom. The van der Waals surface area contributed by atoms with Crippen LogP contribution in [0, 0.1) is 0 Å². The summed E-state index contributed by atoms with van der Waals surface area (Å²) in [6, 6.07) is 10.8. The summed E-state index contributed by atoms with van der Waals surface area (Å²) in [4.78, 5) is 31.8. The predicted octanol–water partition coefficient (Wildman–Crippen LogP) is 2.68. The molecule has 1 aliphatic rings. The van der Waals surface area contributed by atoms with Crippen molar-refractivity contribution in [1.82, 2.24) is 13.8 Å². The van der Waals surface area contributed by atoms with E-state index in [0.717, 1.165) is 25.9 Å². The van der Waals surface area contributed by atoms with Gasteiger partial charge in [-0.2, -0.15) is 0 Å². The van der Waals surface area contributed by atoms with Gasteiger partial charge < -0.3 is 4.90 Å². The largest absolute Gasteiger partial charge is 0.339 e. The van der Waals surface area contributed by atoms with Gasteiger partial charge in [0.1, 0.15) is 4.83 Å². The van der Waals surface area contributed by atoms with Gasteiger partial charge in [0.2, 0.25) is 0 Å². The first-order chi connectivity index (χ1) is 11.2. The maximum absolute atomic E-state index is 12.5. The van der Waals surface area contributed by atoms with Crippen molar-refractivity contribution in [3.63, 3.8) is 0 Å². The Balaban J connectivity index is 1.77. The van der Waals surface area contributed by atoms with E-state index in [1.807, 2.05) is 17.0 Å². The van der Waals surface area contributed by atoms with Crippen molar-refractivity contribution < 1.29 is 4.79 Å². The highest BCUT2D eigenvalue weighted by atomic mass is 32.1. The minimum absolute atomic E-state index is 0.0386. The number of nitrogens with zero attached hydrogens (tertiary/aromatic N) is 3. The highest BCUT2D eigenvalue weighted by molar-refractivity contribution is 7.13. The Morgan fingerprint density at radius 2 is 1.96 bits per heavy atom. The van der Waals surface area contributed by atoms with E-state index in [4.69, 9.17) is 0 Å². The molecule has 1 saturated heterocycles. The van der Waals surface area contributed by atoms with E-state index in [0.29, 0.717) is 21.5 Å². The number of benzene rings is 1. The Bertz CT molecular complexity index is 938. The first-order valence-corrected chi connectivity index (χ1v) is 8.38. The van der Waals surface area contributed by atoms with Gasteiger partial charge >= 0.3 is 0 Å². The molecule has 1 amide bonds. The van der Waals surface area contributed by atoms with Crippen LogP contribution in [0.2, 0.25) is 0 Å². The average Bonchev–Trinajstić information content (AvgIpc) is 3.23. The average molecular weight is 325 g/mol. The summed E-state index contributed by atoms with van der Waals surface area (Å²) in [5, 5.41) is 0.605. The zero-order valence-corrected chi connectivity index (χ0v) is 13.3. The molecule has 116 valence electrons. The summed E-state index contributed by atoms with van der Waals surface area (Å²) in [6.45, 7) is 1.63. The molecule has 4 rings (SSSR count). The first kappa shape index (κ1) is 14.1. The number of hydrogen-bond donors (Lipinski definition) is 0. The maximum Gasteiger partial charge on any atom is 0.274 e. The summed E-state index contributed by atoms with van der Waals surface area (Å²) in [6.07, 6.45) is 3.80. The summed E-state index contributed by atoms with van der Waals surface area (Å²) in [5.41, 5.74) is 1.24. The van der Waals surface area contributed by atoms with E-state index in [9.17, 15) is 9.59 Å². The third-order valence-corrected chi connectivity index (χ3v) is 5.14. The molecule has 1 aliphatic heterocycles. The Hall–Kier alpha value is -2.47. The van der Waals surface area contributed by atoms with E-state index >= 15 is 0 Å². The van der Waals surface area contributed by atoms with Crippen LogP contribution in [-0.4, -0.2) is 32.8 Å². The molecule has 1 fully saturated rings. The lowest BCUT2D eigenvalue weighted by atomic mass is 10.2. The van der Waals surface area contributed by atoms with Gasteiger partial charge in [-0.1, -0.05) is 6.07 Å². The van der Waals surface area contributed by atoms with Crippen LogP contribution in [0.3, 0.4) is 0 Å². The molecule has 0 saturated carbocycles. The molecule has 0 N–H and O–H groups in total. The molecule has 3 heterocycles. The summed E-state index contributed by atoms with van der Waals surface area (Å²) in [5.74, 6) is 0.0386. The van der Waals surface area contributed by atoms with Gasteiger partial charge in [0, 0.05) is 24.8 Å². The number of carbonyl (C=O) groups is 1. The van der Waals surface area contributed by atoms with Crippen molar-refractivity contribution in [3.8, 4) is 5.69 Å². The molecular formula is C17H15N3O2S. The van der Waals surface area contributed by atoms with Crippen LogP contribution in [0.1, 0.15) is 23.2 Å². The molecule has 0 radical (unpaired) electrons. The Labute approximate surface area is 137 Å². The minimum Gasteiger partial charge on any atom is -0.339 e. The van der Waals surface area contributed by atoms with Crippen LogP contribution in [0.5, 0.6) is 0 Å². The predicted molar refractivity (Wildman–Crippen MR) is 90.4 cm³/mol. The van der Waals surface area contributed by atoms with Crippen LogP contribution < -0.4 is 5.56 Å². The first-order valence-electron chi connectivity index (χ1n) is 7.61. The normalized spacial score (nSPS) is 14.5. The van der Waals surface area contributed by atoms with Gasteiger partial charge in [-0.05, 0) is 54.7 Å². The lowest BCUT2D eigenvalue weighted by molar-refractivity contribution is 0.0793. The maximum atomic E-state index is 12.5. The van der Waals surface area contributed by atoms with Gasteiger partial charge in [0.05, 0.1) is 11.1 Å². The number of aromatic nitrogens is 2. The molecule has 2 aromatic heterocycles. The Kier molecular flexibility index (Phi) is 3.46. The fourth-order valence-corrected chi connectivity index (χ4v) is 3.84. The molecule has 0 bridgehead atoms. The van der Waals surface area contributed by atoms with Crippen molar-refractivity contribution in [3.05, 3.63) is 58.5 Å². The number of rotatable bonds is 2. The van der Waals surface area contributed by atoms with Crippen molar-refractivity contribution in [2.75, 3.05) is 13.1 Å². The van der Waals surface area contributed by atoms with Gasteiger partial charge in [-0.3, -0.25) is 9.59 Å². The van der Waals surface area contributed by atoms with Crippen LogP contribution in [-0.2, 0) is 0 Å². The van der Waals surface area contributed by atoms with E-state index < -0.39 is 0 Å². The van der Waals surface area contributed by atoms with E-state index in [1.54, 1.807) is 34.4 Å². The monoisotopic (exact) mass is 325 g/mol. The second-order valence-electron chi connectivity index (χ2n) is 5.60. The highest BCUT2D eigenvalue weighted by Gasteiger charge is 2.20. The fraction of sp³-hybridized carbons (Fsp3) is 0.235. The molecule has 0 aliphatic carbocycles. The van der Waals surface area contributed by atoms with Crippen LogP contribution in [0.25, 0.3) is 15.9 Å². The third-order valence-electron chi connectivity index (χ3n) is 4.08. The molecule has 3 aromatic rings. The van der Waals surface area contributed by atoms with E-state index in [-0.39, 0.29) is 11.5 Å². The second kappa shape index (κ2) is 5.62. The van der Waals surface area contributed by atoms with Crippen molar-refractivity contribution in [1.29, 1.82) is 0 Å². The van der Waals surface area contributed by atoms with Crippen molar-refractivity contribution in [2.45, 2.75) is 12.8 Å². The number of pyridine rings is 1. The molecule has 5 nitrogen and oxygen atoms in total. The van der Waals surface area contributed by atoms with Gasteiger partial charge in [0.15, 0.2) is 0 Å². The second-order valence-corrected chi connectivity index (χ2v) is 6.53. The number of carbonyl (C=O) groups excluding carboxylic acids is 1. The number of fused-ring (bicyclic) bond motifs is 1. The number of hydrogen-bond acceptors (Lipinski definition) is 4. The molecular weight excluding hydrogens is 310 g/mol. The summed E-state index contributed by atoms with van der Waals surface area (Å²) < 4.78 is 1.60. The standard InChI is InChI=1S/C17H15N3O2S/c21-16(19-9-1-2-10-19)12-5-3-6-13(11-12)20-17(22)14-7-4-8-18-15(14)23-20/h3-8,11H,1-2,9-10H2. The summed E-state index contributed by atoms with van der Waals surface area (Å²) in [7, 11) is 0. The van der Waals surface area contributed by atoms with Gasteiger partial charge in [0.25, 0.3) is 11.5 Å². The quantitative estimate of drug-likeness (QED) is 0.728. The van der Waals surface area contributed by atoms with Crippen molar-refractivity contribution >= 4 is 27.7 Å². The SMILES string of the molecule is O=C(c1cccc(-n2sc3ncccc3c2=O)c1)N1CCCC1. The van der Waals surface area contributed by atoms with Crippen LogP contribution >= 0.6 is 11.5 Å². The minimum atomic E-state index is -0.0936. The lowest BCUT2D eigenvalue weighted by Crippen LogP contribution is -2.27. The number of likely N-dealkylation sites (tertiary alicyclic amines) is 1. The summed E-state index contributed by atoms with van der Waals surface area (Å²) >= 11 is 1.30. The van der Waals surface area contributed by atoms with Crippen LogP contribution in [0.4, 0.5) is 0 Å². The molecule has 0 unspecified atom stereocenters. The topological polar surface area (TPSA) is 55.2 Å². The molecule has 1 aromatic carbocycles. The molecule has 23 heavy (non-hydrogen) atoms. The molecule has 6 heteroatoms. The highest BCUT2D eigenvalue weighted by Crippen LogP contribution is 2.20. The van der Waals surface area contributed by atoms with E-state index in [2.05, 4.69) is 4.98 Å². The fourth-order valence-electron chi connectivity index (χ4n) is 2.90. The Morgan fingerprint density at radius 3 is 2.74 bits per heavy atom. The van der Waals surface area contributed by atoms with Crippen molar-refractivity contribution in [2.24, 2.45) is 0 Å². The zero-order chi connectivity index (χ0) is 15.8. The zero-order valence-electron chi connectivity index (χ0n) is 12.4. The molecule has 0 spiro atoms. The lowest BCUT2D eigenvalue weighted by Gasteiger charge is -2.15. The smallest absolute Gasteiger partial charge is 0.274 e. The molecule has 0 atom stereocenters. The third kappa shape index (κ3) is 2.45. The van der Waals surface area contributed by atoms with Gasteiger partial charge in [-0.25, -0.2) is 8.94 Å².